The number of amides is 7. The molecule has 4 aromatic rings. The Hall–Kier alpha value is -9.20. The number of carboxylic acids is 1. The number of hydrogen-bond acceptors (Lipinski definition) is 15. The summed E-state index contributed by atoms with van der Waals surface area (Å²) in [5, 5.41) is 37.3. The molecular weight excluding hydrogens is 1220 g/mol. The molecule has 2 heterocycles. The SMILES string of the molecule is CC(C)C[C@@H](NC(=O)[C@H](CCCN=[N+]=[N-])NC(=O)[C@@H](CC(C)C)NC(=O)[C@H](Cc1cn(C(=O)OC(C)(C)C)c2ccccc12)NC(=O)[C@@H](CC(C)C)NC(=O)[C@H](CCCN=[N+]=[N-])NC(=O)[C@@H](CC(C)C)NC(=O)[C@@H](N)Cc1cn(C(=O)OC(C)(C)C)c2ccccc12)C(=O)O. The highest BCUT2D eigenvalue weighted by Gasteiger charge is 2.37. The molecule has 0 aliphatic heterocycles. The minimum atomic E-state index is -1.57. The van der Waals surface area contributed by atoms with Crippen molar-refractivity contribution < 1.29 is 62.5 Å². The van der Waals surface area contributed by atoms with Crippen LogP contribution in [0.2, 0.25) is 0 Å². The second-order valence-corrected chi connectivity index (χ2v) is 27.5. The van der Waals surface area contributed by atoms with Gasteiger partial charge in [-0.25, -0.2) is 14.4 Å². The number of nitrogens with two attached hydrogens (primary N) is 1. The Balaban J connectivity index is 1.73. The van der Waals surface area contributed by atoms with Gasteiger partial charge in [0, 0.05) is 52.5 Å². The Morgan fingerprint density at radius 3 is 1.14 bits per heavy atom. The first kappa shape index (κ1) is 78.2. The third-order valence-electron chi connectivity index (χ3n) is 14.8. The number of azide groups is 2. The second kappa shape index (κ2) is 36.5. The first-order valence-electron chi connectivity index (χ1n) is 32.3. The number of rotatable bonds is 35. The highest BCUT2D eigenvalue weighted by molar-refractivity contribution is 5.99. The van der Waals surface area contributed by atoms with Gasteiger partial charge in [-0.05, 0) is 157 Å². The van der Waals surface area contributed by atoms with Gasteiger partial charge in [0.25, 0.3) is 0 Å². The molecule has 0 aliphatic carbocycles. The van der Waals surface area contributed by atoms with Crippen LogP contribution >= 0.6 is 0 Å². The van der Waals surface area contributed by atoms with Crippen molar-refractivity contribution in [2.24, 2.45) is 39.6 Å². The molecule has 29 heteroatoms. The fourth-order valence-corrected chi connectivity index (χ4v) is 10.6. The number of aromatic nitrogens is 2. The zero-order chi connectivity index (χ0) is 71.1. The van der Waals surface area contributed by atoms with Crippen LogP contribution in [0.4, 0.5) is 9.59 Å². The van der Waals surface area contributed by atoms with Crippen molar-refractivity contribution in [1.82, 2.24) is 46.4 Å². The van der Waals surface area contributed by atoms with Gasteiger partial charge in [0.15, 0.2) is 0 Å². The van der Waals surface area contributed by atoms with Crippen molar-refractivity contribution in [3.63, 3.8) is 0 Å². The molecule has 4 rings (SSSR count). The van der Waals surface area contributed by atoms with Crippen LogP contribution in [0.3, 0.4) is 0 Å². The first-order chi connectivity index (χ1) is 44.5. The van der Waals surface area contributed by atoms with Gasteiger partial charge in [0.1, 0.15) is 53.5 Å². The van der Waals surface area contributed by atoms with E-state index in [1.165, 1.54) is 15.3 Å². The number of benzene rings is 2. The molecule has 0 radical (unpaired) electrons. The normalized spacial score (nSPS) is 14.2. The largest absolute Gasteiger partial charge is 0.480 e. The molecule has 10 N–H and O–H groups in total. The Morgan fingerprint density at radius 2 is 0.779 bits per heavy atom. The summed E-state index contributed by atoms with van der Waals surface area (Å²) in [5.74, 6) is -7.94. The number of aliphatic carboxylic acids is 1. The lowest BCUT2D eigenvalue weighted by Crippen LogP contribution is -2.60. The van der Waals surface area contributed by atoms with Crippen LogP contribution in [0, 0.1) is 23.7 Å². The highest BCUT2D eigenvalue weighted by Crippen LogP contribution is 2.27. The number of carbonyl (C=O) groups excluding carboxylic acids is 9. The molecule has 95 heavy (non-hydrogen) atoms. The number of fused-ring (bicyclic) bond motifs is 2. The molecule has 520 valence electrons. The Morgan fingerprint density at radius 1 is 0.474 bits per heavy atom. The molecular formula is C66H98N16O13. The van der Waals surface area contributed by atoms with E-state index in [-0.39, 0.29) is 101 Å². The van der Waals surface area contributed by atoms with Gasteiger partial charge in [0.05, 0.1) is 17.1 Å². The number of para-hydroxylation sites is 2. The molecule has 0 aliphatic rings. The number of hydrogen-bond donors (Lipinski definition) is 9. The fourth-order valence-electron chi connectivity index (χ4n) is 10.6. The Kier molecular flexibility index (Phi) is 30.0. The third-order valence-corrected chi connectivity index (χ3v) is 14.8. The summed E-state index contributed by atoms with van der Waals surface area (Å²) < 4.78 is 14.0. The third kappa shape index (κ3) is 25.6. The Bertz CT molecular complexity index is 3440. The van der Waals surface area contributed by atoms with Crippen LogP contribution in [0.25, 0.3) is 42.7 Å². The van der Waals surface area contributed by atoms with E-state index < -0.39 is 119 Å². The maximum absolute atomic E-state index is 15.1. The van der Waals surface area contributed by atoms with Crippen molar-refractivity contribution in [2.75, 3.05) is 13.1 Å². The number of nitrogens with one attached hydrogen (secondary N) is 7. The molecule has 8 atom stereocenters. The zero-order valence-corrected chi connectivity index (χ0v) is 57.2. The molecule has 0 spiro atoms. The van der Waals surface area contributed by atoms with E-state index in [0.29, 0.717) is 32.9 Å². The molecule has 0 bridgehead atoms. The van der Waals surface area contributed by atoms with Crippen LogP contribution in [0.15, 0.2) is 71.2 Å². The maximum atomic E-state index is 15.1. The maximum Gasteiger partial charge on any atom is 0.419 e. The molecule has 0 fully saturated rings. The van der Waals surface area contributed by atoms with Crippen LogP contribution in [0.1, 0.15) is 159 Å². The monoisotopic (exact) mass is 1320 g/mol. The van der Waals surface area contributed by atoms with Crippen LogP contribution in [0.5, 0.6) is 0 Å². The van der Waals surface area contributed by atoms with E-state index in [1.807, 2.05) is 13.8 Å². The van der Waals surface area contributed by atoms with Crippen molar-refractivity contribution in [2.45, 2.75) is 221 Å². The summed E-state index contributed by atoms with van der Waals surface area (Å²) in [6, 6.07) is 2.93. The number of nitrogens with zero attached hydrogens (tertiary/aromatic N) is 8. The van der Waals surface area contributed by atoms with Crippen LogP contribution < -0.4 is 43.0 Å². The van der Waals surface area contributed by atoms with E-state index in [9.17, 15) is 43.5 Å². The standard InChI is InChI=1S/C66H98N16O13/c1-37(2)29-48(74-55(83)45(67)33-41-35-81(63(92)94-65(9,10)11)53-25-17-15-21-43(41)53)58(86)72-46(23-19-27-70-79-68)56(84)75-50(31-39(5)6)60(88)77-51(34-42-36-82(64(93)95-66(12,13)14)54-26-18-16-22-44(42)54)61(89)76-49(30-38(3)4)59(87)73-47(24-20-28-71-80-69)57(85)78-52(62(90)91)32-40(7)8/h15-18,21-22,25-26,35-40,45-52H,19-20,23-24,27-34,67H2,1-14H3,(H,72,86)(H,73,87)(H,74,83)(H,75,84)(H,76,89)(H,77,88)(H,78,85)(H,90,91)/t45-,46-,47-,48+,49+,50+,51-,52+/m0/s1. The van der Waals surface area contributed by atoms with E-state index in [1.54, 1.807) is 138 Å². The van der Waals surface area contributed by atoms with E-state index in [2.05, 4.69) is 57.3 Å². The molecule has 0 saturated heterocycles. The van der Waals surface area contributed by atoms with E-state index >= 15 is 9.59 Å². The summed E-state index contributed by atoms with van der Waals surface area (Å²) in [6.45, 7) is 24.5. The lowest BCUT2D eigenvalue weighted by Gasteiger charge is -2.29. The van der Waals surface area contributed by atoms with Crippen molar-refractivity contribution in [1.29, 1.82) is 0 Å². The van der Waals surface area contributed by atoms with Crippen LogP contribution in [-0.4, -0.2) is 146 Å². The minimum absolute atomic E-state index is 0.00871. The number of carbonyl (C=O) groups is 10. The minimum Gasteiger partial charge on any atom is -0.480 e. The van der Waals surface area contributed by atoms with Gasteiger partial charge in [-0.1, -0.05) is 102 Å². The summed E-state index contributed by atoms with van der Waals surface area (Å²) in [7, 11) is 0. The average Bonchev–Trinajstić information content (AvgIpc) is 1.65. The fraction of sp³-hybridized carbons (Fsp3) is 0.606. The van der Waals surface area contributed by atoms with Crippen LogP contribution in [-0.2, 0) is 60.7 Å². The molecule has 0 saturated carbocycles. The van der Waals surface area contributed by atoms with Crippen molar-refractivity contribution in [3.8, 4) is 0 Å². The molecule has 29 nitrogen and oxygen atoms in total. The summed E-state index contributed by atoms with van der Waals surface area (Å²) in [6.07, 6.45) is 1.41. The predicted molar refractivity (Wildman–Crippen MR) is 358 cm³/mol. The number of carboxylic acid groups (broad SMARTS) is 1. The lowest BCUT2D eigenvalue weighted by atomic mass is 9.98. The zero-order valence-electron chi connectivity index (χ0n) is 57.2. The van der Waals surface area contributed by atoms with Crippen molar-refractivity contribution in [3.05, 3.63) is 92.9 Å². The second-order valence-electron chi connectivity index (χ2n) is 27.5. The molecule has 0 unspecified atom stereocenters. The van der Waals surface area contributed by atoms with E-state index in [4.69, 9.17) is 26.3 Å². The highest BCUT2D eigenvalue weighted by atomic mass is 16.6. The van der Waals surface area contributed by atoms with Gasteiger partial charge in [0.2, 0.25) is 41.4 Å². The average molecular weight is 1320 g/mol. The topological polar surface area (TPSA) is 427 Å². The Labute approximate surface area is 554 Å². The molecule has 2 aromatic carbocycles. The summed E-state index contributed by atoms with van der Waals surface area (Å²) in [4.78, 5) is 147. The summed E-state index contributed by atoms with van der Waals surface area (Å²) in [5.41, 5.74) is 24.8. The smallest absolute Gasteiger partial charge is 0.419 e. The lowest BCUT2D eigenvalue weighted by molar-refractivity contribution is -0.143. The molecule has 7 amide bonds. The summed E-state index contributed by atoms with van der Waals surface area (Å²) >= 11 is 0. The van der Waals surface area contributed by atoms with Crippen molar-refractivity contribution >= 4 is 81.3 Å². The van der Waals surface area contributed by atoms with Gasteiger partial charge >= 0.3 is 18.2 Å². The van der Waals surface area contributed by atoms with Gasteiger partial charge < -0.3 is 57.5 Å². The molecule has 2 aromatic heterocycles. The number of ether oxygens (including phenoxy) is 2. The van der Waals surface area contributed by atoms with Gasteiger partial charge in [-0.3, -0.25) is 42.7 Å². The predicted octanol–water partition coefficient (Wildman–Crippen LogP) is 8.12. The first-order valence-corrected chi connectivity index (χ1v) is 32.3. The van der Waals surface area contributed by atoms with Gasteiger partial charge in [-0.2, -0.15) is 0 Å². The van der Waals surface area contributed by atoms with E-state index in [0.717, 1.165) is 0 Å². The quantitative estimate of drug-likeness (QED) is 0.00909. The van der Waals surface area contributed by atoms with Gasteiger partial charge in [-0.15, -0.1) is 0 Å².